The lowest BCUT2D eigenvalue weighted by molar-refractivity contribution is 0.391. The summed E-state index contributed by atoms with van der Waals surface area (Å²) in [6.07, 6.45) is 1.59. The Bertz CT molecular complexity index is 1110. The minimum absolute atomic E-state index is 0.0187. The Balaban J connectivity index is 1.90. The van der Waals surface area contributed by atoms with Crippen molar-refractivity contribution < 1.29 is 22.3 Å². The van der Waals surface area contributed by atoms with Crippen LogP contribution < -0.4 is 14.2 Å². The fourth-order valence-electron chi connectivity index (χ4n) is 3.04. The van der Waals surface area contributed by atoms with Gasteiger partial charge in [-0.05, 0) is 50.2 Å². The van der Waals surface area contributed by atoms with Gasteiger partial charge in [-0.3, -0.25) is 0 Å². The van der Waals surface area contributed by atoms with Crippen LogP contribution in [0.25, 0.3) is 5.69 Å². The van der Waals surface area contributed by atoms with Gasteiger partial charge in [-0.25, -0.2) is 22.2 Å². The summed E-state index contributed by atoms with van der Waals surface area (Å²) in [5, 5.41) is 4.32. The average molecular weight is 419 g/mol. The summed E-state index contributed by atoms with van der Waals surface area (Å²) in [7, 11) is -1.04. The van der Waals surface area contributed by atoms with E-state index in [1.54, 1.807) is 36.0 Å². The Hall–Kier alpha value is -2.91. The molecule has 0 aliphatic carbocycles. The van der Waals surface area contributed by atoms with Crippen molar-refractivity contribution in [1.82, 2.24) is 14.5 Å². The second-order valence-corrected chi connectivity index (χ2v) is 8.12. The molecule has 3 aromatic rings. The molecule has 29 heavy (non-hydrogen) atoms. The van der Waals surface area contributed by atoms with Crippen molar-refractivity contribution in [3.63, 3.8) is 0 Å². The minimum atomic E-state index is -3.90. The van der Waals surface area contributed by atoms with Crippen LogP contribution in [0.15, 0.2) is 53.6 Å². The monoisotopic (exact) mass is 419 g/mol. The van der Waals surface area contributed by atoms with Gasteiger partial charge in [0.2, 0.25) is 10.0 Å². The molecule has 9 heteroatoms. The van der Waals surface area contributed by atoms with Crippen LogP contribution in [0, 0.1) is 12.7 Å². The van der Waals surface area contributed by atoms with Crippen molar-refractivity contribution in [2.75, 3.05) is 14.2 Å². The number of ether oxygens (including phenoxy) is 2. The third-order valence-electron chi connectivity index (χ3n) is 4.58. The van der Waals surface area contributed by atoms with Crippen molar-refractivity contribution in [3.05, 3.63) is 65.7 Å². The van der Waals surface area contributed by atoms with Crippen LogP contribution in [0.3, 0.4) is 0 Å². The standard InChI is InChI=1S/C20H22FN3O4S/c1-13(18-12-22-24(14(18)2)16-7-5-15(21)6-8-16)23-29(25,26)20-11-17(27-3)9-10-19(20)28-4/h5-13,23H,1-4H3. The number of rotatable bonds is 7. The lowest BCUT2D eigenvalue weighted by Gasteiger charge is -2.17. The number of aromatic nitrogens is 2. The van der Waals surface area contributed by atoms with Crippen LogP contribution in [0.5, 0.6) is 11.5 Å². The highest BCUT2D eigenvalue weighted by Gasteiger charge is 2.25. The number of halogens is 1. The molecule has 0 fully saturated rings. The molecule has 0 aliphatic heterocycles. The second kappa shape index (κ2) is 8.22. The van der Waals surface area contributed by atoms with Gasteiger partial charge in [-0.2, -0.15) is 5.10 Å². The zero-order chi connectivity index (χ0) is 21.2. The lowest BCUT2D eigenvalue weighted by atomic mass is 10.1. The van der Waals surface area contributed by atoms with E-state index in [1.807, 2.05) is 6.92 Å². The molecule has 0 bridgehead atoms. The Labute approximate surface area is 169 Å². The summed E-state index contributed by atoms with van der Waals surface area (Å²) >= 11 is 0. The fourth-order valence-corrected chi connectivity index (χ4v) is 4.45. The molecule has 0 aliphatic rings. The van der Waals surface area contributed by atoms with Gasteiger partial charge < -0.3 is 9.47 Å². The predicted octanol–water partition coefficient (Wildman–Crippen LogP) is 3.38. The quantitative estimate of drug-likeness (QED) is 0.635. The number of nitrogens with one attached hydrogen (secondary N) is 1. The first kappa shape index (κ1) is 20.8. The van der Waals surface area contributed by atoms with Crippen molar-refractivity contribution in [2.24, 2.45) is 0 Å². The molecule has 0 amide bonds. The van der Waals surface area contributed by atoms with Crippen LogP contribution in [-0.4, -0.2) is 32.4 Å². The van der Waals surface area contributed by atoms with Crippen molar-refractivity contribution >= 4 is 10.0 Å². The minimum Gasteiger partial charge on any atom is -0.497 e. The van der Waals surface area contributed by atoms with E-state index in [0.717, 1.165) is 5.69 Å². The molecule has 1 aromatic heterocycles. The van der Waals surface area contributed by atoms with E-state index in [2.05, 4.69) is 9.82 Å². The van der Waals surface area contributed by atoms with Gasteiger partial charge >= 0.3 is 0 Å². The van der Waals surface area contributed by atoms with E-state index < -0.39 is 16.1 Å². The van der Waals surface area contributed by atoms with Gasteiger partial charge in [0, 0.05) is 23.4 Å². The first-order valence-electron chi connectivity index (χ1n) is 8.81. The molecule has 0 radical (unpaired) electrons. The smallest absolute Gasteiger partial charge is 0.244 e. The molecule has 0 saturated heterocycles. The Morgan fingerprint density at radius 1 is 1.10 bits per heavy atom. The highest BCUT2D eigenvalue weighted by molar-refractivity contribution is 7.89. The maximum atomic E-state index is 13.2. The summed E-state index contributed by atoms with van der Waals surface area (Å²) in [5.41, 5.74) is 2.11. The van der Waals surface area contributed by atoms with Crippen LogP contribution >= 0.6 is 0 Å². The fraction of sp³-hybridized carbons (Fsp3) is 0.250. The maximum absolute atomic E-state index is 13.2. The van der Waals surface area contributed by atoms with Gasteiger partial charge in [0.05, 0.1) is 26.1 Å². The Morgan fingerprint density at radius 2 is 1.79 bits per heavy atom. The van der Waals surface area contributed by atoms with Gasteiger partial charge in [0.15, 0.2) is 0 Å². The third-order valence-corrected chi connectivity index (χ3v) is 6.14. The summed E-state index contributed by atoms with van der Waals surface area (Å²) in [5.74, 6) is 0.274. The van der Waals surface area contributed by atoms with Crippen LogP contribution in [-0.2, 0) is 10.0 Å². The SMILES string of the molecule is COc1ccc(OC)c(S(=O)(=O)NC(C)c2cnn(-c3ccc(F)cc3)c2C)c1. The predicted molar refractivity (Wildman–Crippen MR) is 107 cm³/mol. The van der Waals surface area contributed by atoms with E-state index in [-0.39, 0.29) is 16.5 Å². The largest absolute Gasteiger partial charge is 0.497 e. The molecule has 1 unspecified atom stereocenters. The Kier molecular flexibility index (Phi) is 5.90. The average Bonchev–Trinajstić information content (AvgIpc) is 3.09. The lowest BCUT2D eigenvalue weighted by Crippen LogP contribution is -2.27. The molecule has 154 valence electrons. The van der Waals surface area contributed by atoms with Crippen molar-refractivity contribution in [3.8, 4) is 17.2 Å². The van der Waals surface area contributed by atoms with Gasteiger partial charge in [-0.1, -0.05) is 0 Å². The van der Waals surface area contributed by atoms with Crippen LogP contribution in [0.1, 0.15) is 24.2 Å². The molecule has 1 N–H and O–H groups in total. The first-order chi connectivity index (χ1) is 13.8. The van der Waals surface area contributed by atoms with Crippen molar-refractivity contribution in [2.45, 2.75) is 24.8 Å². The van der Waals surface area contributed by atoms with E-state index >= 15 is 0 Å². The number of benzene rings is 2. The van der Waals surface area contributed by atoms with Crippen molar-refractivity contribution in [1.29, 1.82) is 0 Å². The normalized spacial score (nSPS) is 12.6. The number of methoxy groups -OCH3 is 2. The molecule has 2 aromatic carbocycles. The first-order valence-corrected chi connectivity index (χ1v) is 10.3. The van der Waals surface area contributed by atoms with E-state index in [4.69, 9.17) is 9.47 Å². The molecular formula is C20H22FN3O4S. The number of hydrogen-bond donors (Lipinski definition) is 1. The van der Waals surface area contributed by atoms with Crippen LogP contribution in [0.4, 0.5) is 4.39 Å². The number of nitrogens with zero attached hydrogens (tertiary/aromatic N) is 2. The molecular weight excluding hydrogens is 397 g/mol. The molecule has 3 rings (SSSR count). The highest BCUT2D eigenvalue weighted by atomic mass is 32.2. The van der Waals surface area contributed by atoms with E-state index in [1.165, 1.54) is 38.5 Å². The second-order valence-electron chi connectivity index (χ2n) is 6.43. The van der Waals surface area contributed by atoms with Gasteiger partial charge in [0.1, 0.15) is 22.2 Å². The summed E-state index contributed by atoms with van der Waals surface area (Å²) in [6, 6.07) is 9.90. The van der Waals surface area contributed by atoms with E-state index in [0.29, 0.717) is 17.0 Å². The topological polar surface area (TPSA) is 82.4 Å². The highest BCUT2D eigenvalue weighted by Crippen LogP contribution is 2.30. The third kappa shape index (κ3) is 4.25. The van der Waals surface area contributed by atoms with Gasteiger partial charge in [-0.15, -0.1) is 0 Å². The Morgan fingerprint density at radius 3 is 2.41 bits per heavy atom. The molecule has 0 saturated carbocycles. The van der Waals surface area contributed by atoms with Crippen LogP contribution in [0.2, 0.25) is 0 Å². The summed E-state index contributed by atoms with van der Waals surface area (Å²) < 4.78 is 53.7. The maximum Gasteiger partial charge on any atom is 0.244 e. The summed E-state index contributed by atoms with van der Waals surface area (Å²) in [6.45, 7) is 3.55. The van der Waals surface area contributed by atoms with Gasteiger partial charge in [0.25, 0.3) is 0 Å². The number of sulfonamides is 1. The number of hydrogen-bond acceptors (Lipinski definition) is 5. The molecule has 1 heterocycles. The molecule has 0 spiro atoms. The van der Waals surface area contributed by atoms with E-state index in [9.17, 15) is 12.8 Å². The zero-order valence-electron chi connectivity index (χ0n) is 16.5. The molecule has 7 nitrogen and oxygen atoms in total. The molecule has 1 atom stereocenters. The summed E-state index contributed by atoms with van der Waals surface area (Å²) in [4.78, 5) is -0.0187. The zero-order valence-corrected chi connectivity index (χ0v) is 17.3.